The molecule has 32 heavy (non-hydrogen) atoms. The molecule has 0 saturated heterocycles. The number of amides is 1. The summed E-state index contributed by atoms with van der Waals surface area (Å²) in [6, 6.07) is 26.1. The molecule has 0 N–H and O–H groups in total. The summed E-state index contributed by atoms with van der Waals surface area (Å²) in [7, 11) is 4.04. The Morgan fingerprint density at radius 2 is 1.66 bits per heavy atom. The highest BCUT2D eigenvalue weighted by molar-refractivity contribution is 6.01. The first-order chi connectivity index (χ1) is 15.5. The fourth-order valence-electron chi connectivity index (χ4n) is 3.80. The van der Waals surface area contributed by atoms with Gasteiger partial charge in [0.2, 0.25) is 0 Å². The fourth-order valence-corrected chi connectivity index (χ4v) is 3.80. The minimum atomic E-state index is -0.170. The van der Waals surface area contributed by atoms with Crippen molar-refractivity contribution in [3.63, 3.8) is 0 Å². The molecular weight excluding hydrogens is 398 g/mol. The van der Waals surface area contributed by atoms with Crippen LogP contribution in [0.15, 0.2) is 84.0 Å². The molecule has 5 nitrogen and oxygen atoms in total. The molecule has 3 aromatic rings. The van der Waals surface area contributed by atoms with E-state index >= 15 is 0 Å². The molecule has 3 aromatic carbocycles. The SMILES string of the molecule is Cc1ccc(C(=O)N(Cc2ccccc2)CC2CC(c3ccc(N(C)C)cc3)=NO2)cc1. The summed E-state index contributed by atoms with van der Waals surface area (Å²) in [6.07, 6.45) is 0.505. The van der Waals surface area contributed by atoms with Crippen molar-refractivity contribution in [3.05, 3.63) is 101 Å². The van der Waals surface area contributed by atoms with E-state index in [1.807, 2.05) is 80.5 Å². The van der Waals surface area contributed by atoms with Crippen molar-refractivity contribution in [1.82, 2.24) is 4.90 Å². The van der Waals surface area contributed by atoms with Crippen molar-refractivity contribution >= 4 is 17.3 Å². The van der Waals surface area contributed by atoms with E-state index in [1.165, 1.54) is 0 Å². The number of hydrogen-bond acceptors (Lipinski definition) is 4. The zero-order valence-electron chi connectivity index (χ0n) is 18.9. The van der Waals surface area contributed by atoms with Gasteiger partial charge in [-0.25, -0.2) is 0 Å². The number of aryl methyl sites for hydroxylation is 1. The van der Waals surface area contributed by atoms with Crippen molar-refractivity contribution in [2.75, 3.05) is 25.5 Å². The standard InChI is InChI=1S/C27H29N3O2/c1-20-9-11-23(12-10-20)27(31)30(18-21-7-5-4-6-8-21)19-25-17-26(28-32-25)22-13-15-24(16-14-22)29(2)3/h4-16,25H,17-19H2,1-3H3. The molecular formula is C27H29N3O2. The van der Waals surface area contributed by atoms with Crippen molar-refractivity contribution in [1.29, 1.82) is 0 Å². The predicted molar refractivity (Wildman–Crippen MR) is 129 cm³/mol. The van der Waals surface area contributed by atoms with Gasteiger partial charge in [-0.1, -0.05) is 65.3 Å². The number of hydrogen-bond donors (Lipinski definition) is 0. The average molecular weight is 428 g/mol. The van der Waals surface area contributed by atoms with E-state index in [0.29, 0.717) is 25.1 Å². The first-order valence-corrected chi connectivity index (χ1v) is 10.9. The van der Waals surface area contributed by atoms with Gasteiger partial charge in [0.05, 0.1) is 12.3 Å². The minimum Gasteiger partial charge on any atom is -0.390 e. The molecule has 1 amide bonds. The summed E-state index contributed by atoms with van der Waals surface area (Å²) in [5, 5.41) is 4.33. The van der Waals surface area contributed by atoms with Gasteiger partial charge in [0.1, 0.15) is 0 Å². The number of carbonyl (C=O) groups excluding carboxylic acids is 1. The Balaban J connectivity index is 1.47. The summed E-state index contributed by atoms with van der Waals surface area (Å²) in [5.41, 5.74) is 6.02. The summed E-state index contributed by atoms with van der Waals surface area (Å²) >= 11 is 0. The quantitative estimate of drug-likeness (QED) is 0.539. The topological polar surface area (TPSA) is 45.1 Å². The third-order valence-corrected chi connectivity index (χ3v) is 5.68. The highest BCUT2D eigenvalue weighted by Crippen LogP contribution is 2.22. The molecule has 1 aliphatic heterocycles. The molecule has 0 saturated carbocycles. The molecule has 0 spiro atoms. The fraction of sp³-hybridized carbons (Fsp3) is 0.259. The van der Waals surface area contributed by atoms with Crippen molar-refractivity contribution in [2.45, 2.75) is 26.0 Å². The number of rotatable bonds is 7. The lowest BCUT2D eigenvalue weighted by Crippen LogP contribution is -2.37. The maximum Gasteiger partial charge on any atom is 0.254 e. The Bertz CT molecular complexity index is 1070. The maximum atomic E-state index is 13.3. The first kappa shape index (κ1) is 21.6. The average Bonchev–Trinajstić information content (AvgIpc) is 3.28. The Hall–Kier alpha value is -3.60. The van der Waals surface area contributed by atoms with Crippen LogP contribution in [0.2, 0.25) is 0 Å². The predicted octanol–water partition coefficient (Wildman–Crippen LogP) is 4.90. The largest absolute Gasteiger partial charge is 0.390 e. The van der Waals surface area contributed by atoms with E-state index in [0.717, 1.165) is 28.1 Å². The number of benzene rings is 3. The lowest BCUT2D eigenvalue weighted by atomic mass is 10.0. The molecule has 0 fully saturated rings. The van der Waals surface area contributed by atoms with Crippen molar-refractivity contribution in [3.8, 4) is 0 Å². The molecule has 1 atom stereocenters. The van der Waals surface area contributed by atoms with E-state index in [-0.39, 0.29) is 12.0 Å². The molecule has 164 valence electrons. The third kappa shape index (κ3) is 5.17. The van der Waals surface area contributed by atoms with Gasteiger partial charge in [0, 0.05) is 38.3 Å². The minimum absolute atomic E-state index is 0.00115. The van der Waals surface area contributed by atoms with Gasteiger partial charge in [0.15, 0.2) is 6.10 Å². The summed E-state index contributed by atoms with van der Waals surface area (Å²) in [5.74, 6) is 0.00115. The number of nitrogens with zero attached hydrogens (tertiary/aromatic N) is 3. The van der Waals surface area contributed by atoms with Crippen molar-refractivity contribution in [2.24, 2.45) is 5.16 Å². The monoisotopic (exact) mass is 427 g/mol. The van der Waals surface area contributed by atoms with Crippen LogP contribution >= 0.6 is 0 Å². The molecule has 0 bridgehead atoms. The van der Waals surface area contributed by atoms with Crippen LogP contribution in [0.3, 0.4) is 0 Å². The van der Waals surface area contributed by atoms with Gasteiger partial charge in [-0.3, -0.25) is 4.79 Å². The molecule has 4 rings (SSSR count). The van der Waals surface area contributed by atoms with E-state index in [1.54, 1.807) is 0 Å². The second kappa shape index (κ2) is 9.69. The molecule has 0 aromatic heterocycles. The molecule has 0 radical (unpaired) electrons. The zero-order valence-corrected chi connectivity index (χ0v) is 18.9. The number of anilines is 1. The molecule has 1 aliphatic rings. The van der Waals surface area contributed by atoms with E-state index in [4.69, 9.17) is 4.84 Å². The highest BCUT2D eigenvalue weighted by atomic mass is 16.6. The Labute approximate surface area is 189 Å². The van der Waals surface area contributed by atoms with Gasteiger partial charge in [-0.2, -0.15) is 0 Å². The first-order valence-electron chi connectivity index (χ1n) is 10.9. The van der Waals surface area contributed by atoms with E-state index in [2.05, 4.69) is 34.3 Å². The lowest BCUT2D eigenvalue weighted by molar-refractivity contribution is 0.0405. The third-order valence-electron chi connectivity index (χ3n) is 5.68. The van der Waals surface area contributed by atoms with Crippen LogP contribution in [0, 0.1) is 6.92 Å². The Kier molecular flexibility index (Phi) is 6.55. The van der Waals surface area contributed by atoms with Gasteiger partial charge in [-0.05, 0) is 42.3 Å². The second-order valence-corrected chi connectivity index (χ2v) is 8.45. The highest BCUT2D eigenvalue weighted by Gasteiger charge is 2.27. The summed E-state index contributed by atoms with van der Waals surface area (Å²) in [6.45, 7) is 3.02. The van der Waals surface area contributed by atoms with Crippen LogP contribution in [0.1, 0.15) is 33.5 Å². The van der Waals surface area contributed by atoms with Crippen LogP contribution < -0.4 is 4.90 Å². The Morgan fingerprint density at radius 3 is 2.31 bits per heavy atom. The molecule has 1 unspecified atom stereocenters. The molecule has 5 heteroatoms. The van der Waals surface area contributed by atoms with Crippen LogP contribution in [-0.2, 0) is 11.4 Å². The van der Waals surface area contributed by atoms with Gasteiger partial charge >= 0.3 is 0 Å². The molecule has 1 heterocycles. The number of oxime groups is 1. The van der Waals surface area contributed by atoms with Crippen LogP contribution in [0.25, 0.3) is 0 Å². The van der Waals surface area contributed by atoms with E-state index in [9.17, 15) is 4.79 Å². The van der Waals surface area contributed by atoms with Crippen LogP contribution in [-0.4, -0.2) is 43.3 Å². The molecule has 0 aliphatic carbocycles. The normalized spacial score (nSPS) is 15.1. The summed E-state index contributed by atoms with van der Waals surface area (Å²) < 4.78 is 0. The lowest BCUT2D eigenvalue weighted by Gasteiger charge is -2.25. The van der Waals surface area contributed by atoms with Gasteiger partial charge in [0.25, 0.3) is 5.91 Å². The van der Waals surface area contributed by atoms with Gasteiger partial charge < -0.3 is 14.6 Å². The van der Waals surface area contributed by atoms with E-state index < -0.39 is 0 Å². The van der Waals surface area contributed by atoms with Crippen LogP contribution in [0.4, 0.5) is 5.69 Å². The zero-order chi connectivity index (χ0) is 22.5. The van der Waals surface area contributed by atoms with Crippen molar-refractivity contribution < 1.29 is 9.63 Å². The summed E-state index contributed by atoms with van der Waals surface area (Å²) in [4.78, 5) is 23.0. The maximum absolute atomic E-state index is 13.3. The van der Waals surface area contributed by atoms with Crippen LogP contribution in [0.5, 0.6) is 0 Å². The Morgan fingerprint density at radius 1 is 0.969 bits per heavy atom. The number of carbonyl (C=O) groups is 1. The second-order valence-electron chi connectivity index (χ2n) is 8.45. The van der Waals surface area contributed by atoms with Gasteiger partial charge in [-0.15, -0.1) is 0 Å². The smallest absolute Gasteiger partial charge is 0.254 e.